The maximum atomic E-state index is 12.2. The molecule has 3 nitrogen and oxygen atoms in total. The molecule has 0 amide bonds. The number of unbranched alkanes of at least 4 members (excludes halogenated alkanes) is 1. The zero-order chi connectivity index (χ0) is 13.0. The second kappa shape index (κ2) is 5.65. The van der Waals surface area contributed by atoms with Gasteiger partial charge in [0.25, 0.3) is 5.56 Å². The van der Waals surface area contributed by atoms with Crippen LogP contribution in [0.5, 0.6) is 0 Å². The van der Waals surface area contributed by atoms with E-state index in [0.29, 0.717) is 6.54 Å². The molecule has 2 aromatic heterocycles. The number of hydrogen-bond acceptors (Lipinski definition) is 3. The molecular formula is C14H14N2OS. The first-order valence-corrected chi connectivity index (χ1v) is 6.83. The van der Waals surface area contributed by atoms with Gasteiger partial charge < -0.3 is 4.57 Å². The summed E-state index contributed by atoms with van der Waals surface area (Å²) < 4.78 is 1.72. The van der Waals surface area contributed by atoms with E-state index < -0.39 is 0 Å². The van der Waals surface area contributed by atoms with Crippen LogP contribution in [0.2, 0.25) is 0 Å². The van der Waals surface area contributed by atoms with Gasteiger partial charge in [0.2, 0.25) is 0 Å². The Kier molecular flexibility index (Phi) is 3.96. The minimum Gasteiger partial charge on any atom is -0.306 e. The van der Waals surface area contributed by atoms with Gasteiger partial charge >= 0.3 is 0 Å². The largest absolute Gasteiger partial charge is 0.306 e. The molecule has 0 saturated carbocycles. The highest BCUT2D eigenvalue weighted by Gasteiger charge is 2.10. The Morgan fingerprint density at radius 3 is 2.83 bits per heavy atom. The van der Waals surface area contributed by atoms with Crippen LogP contribution in [0, 0.1) is 11.3 Å². The van der Waals surface area contributed by atoms with Crippen LogP contribution in [-0.4, -0.2) is 4.57 Å². The summed E-state index contributed by atoms with van der Waals surface area (Å²) in [6.07, 6.45) is 1.96. The fraction of sp³-hybridized carbons (Fsp3) is 0.286. The molecule has 0 atom stereocenters. The van der Waals surface area contributed by atoms with Gasteiger partial charge in [-0.15, -0.1) is 11.3 Å². The van der Waals surface area contributed by atoms with Crippen molar-refractivity contribution < 1.29 is 0 Å². The van der Waals surface area contributed by atoms with Gasteiger partial charge in [-0.25, -0.2) is 0 Å². The molecule has 0 aliphatic carbocycles. The minimum absolute atomic E-state index is 0.183. The van der Waals surface area contributed by atoms with E-state index in [1.54, 1.807) is 22.0 Å². The Hall–Kier alpha value is -1.86. The Bertz CT molecular complexity index is 620. The standard InChI is InChI=1S/C14H14N2OS/c1-2-3-8-16-12(13-5-4-9-18-13)7-6-11(10-15)14(16)17/h4-7,9H,2-3,8H2,1H3. The van der Waals surface area contributed by atoms with E-state index in [0.717, 1.165) is 23.4 Å². The number of nitrogens with zero attached hydrogens (tertiary/aromatic N) is 2. The lowest BCUT2D eigenvalue weighted by Crippen LogP contribution is -2.23. The first kappa shape index (κ1) is 12.6. The normalized spacial score (nSPS) is 10.2. The quantitative estimate of drug-likeness (QED) is 0.845. The first-order chi connectivity index (χ1) is 8.77. The van der Waals surface area contributed by atoms with Crippen molar-refractivity contribution in [3.8, 4) is 16.6 Å². The minimum atomic E-state index is -0.183. The monoisotopic (exact) mass is 258 g/mol. The average molecular weight is 258 g/mol. The third kappa shape index (κ3) is 2.36. The third-order valence-electron chi connectivity index (χ3n) is 2.80. The van der Waals surface area contributed by atoms with Gasteiger partial charge in [-0.3, -0.25) is 4.79 Å². The van der Waals surface area contributed by atoms with Gasteiger partial charge in [0.05, 0.1) is 10.6 Å². The van der Waals surface area contributed by atoms with Crippen LogP contribution in [-0.2, 0) is 6.54 Å². The highest BCUT2D eigenvalue weighted by atomic mass is 32.1. The predicted octanol–water partition coefficient (Wildman–Crippen LogP) is 3.25. The Labute approximate surface area is 110 Å². The Morgan fingerprint density at radius 1 is 1.39 bits per heavy atom. The van der Waals surface area contributed by atoms with Gasteiger partial charge in [-0.1, -0.05) is 19.4 Å². The molecule has 4 heteroatoms. The van der Waals surface area contributed by atoms with E-state index >= 15 is 0 Å². The predicted molar refractivity (Wildman–Crippen MR) is 73.6 cm³/mol. The maximum Gasteiger partial charge on any atom is 0.268 e. The van der Waals surface area contributed by atoms with E-state index in [2.05, 4.69) is 6.92 Å². The van der Waals surface area contributed by atoms with Crippen molar-refractivity contribution >= 4 is 11.3 Å². The summed E-state index contributed by atoms with van der Waals surface area (Å²) in [7, 11) is 0. The highest BCUT2D eigenvalue weighted by Crippen LogP contribution is 2.24. The van der Waals surface area contributed by atoms with Crippen LogP contribution in [0.3, 0.4) is 0 Å². The molecule has 0 saturated heterocycles. The van der Waals surface area contributed by atoms with Gasteiger partial charge in [0.1, 0.15) is 11.6 Å². The van der Waals surface area contributed by atoms with E-state index in [1.165, 1.54) is 0 Å². The SMILES string of the molecule is CCCCn1c(-c2cccs2)ccc(C#N)c1=O. The zero-order valence-corrected chi connectivity index (χ0v) is 11.0. The lowest BCUT2D eigenvalue weighted by Gasteiger charge is -2.11. The van der Waals surface area contributed by atoms with Gasteiger partial charge in [-0.2, -0.15) is 5.26 Å². The Balaban J connectivity index is 2.56. The zero-order valence-electron chi connectivity index (χ0n) is 10.2. The second-order valence-corrected chi connectivity index (χ2v) is 4.98. The number of pyridine rings is 1. The summed E-state index contributed by atoms with van der Waals surface area (Å²) in [4.78, 5) is 13.2. The van der Waals surface area contributed by atoms with E-state index in [-0.39, 0.29) is 11.1 Å². The molecular weight excluding hydrogens is 244 g/mol. The van der Waals surface area contributed by atoms with Crippen LogP contribution in [0.25, 0.3) is 10.6 Å². The van der Waals surface area contributed by atoms with E-state index in [4.69, 9.17) is 5.26 Å². The lowest BCUT2D eigenvalue weighted by molar-refractivity contribution is 0.618. The van der Waals surface area contributed by atoms with Crippen LogP contribution in [0.15, 0.2) is 34.4 Å². The van der Waals surface area contributed by atoms with Crippen LogP contribution in [0.4, 0.5) is 0 Å². The van der Waals surface area contributed by atoms with Crippen LogP contribution in [0.1, 0.15) is 25.3 Å². The second-order valence-electron chi connectivity index (χ2n) is 4.03. The van der Waals surface area contributed by atoms with Crippen molar-refractivity contribution in [1.82, 2.24) is 4.57 Å². The molecule has 0 unspecified atom stereocenters. The summed E-state index contributed by atoms with van der Waals surface area (Å²) in [5.74, 6) is 0. The third-order valence-corrected chi connectivity index (χ3v) is 3.70. The molecule has 0 aromatic carbocycles. The van der Waals surface area contributed by atoms with Crippen molar-refractivity contribution in [3.05, 3.63) is 45.6 Å². The summed E-state index contributed by atoms with van der Waals surface area (Å²) in [5.41, 5.74) is 0.936. The number of nitriles is 1. The summed E-state index contributed by atoms with van der Waals surface area (Å²) >= 11 is 1.60. The van der Waals surface area contributed by atoms with Crippen molar-refractivity contribution in [2.45, 2.75) is 26.3 Å². The molecule has 18 heavy (non-hydrogen) atoms. The smallest absolute Gasteiger partial charge is 0.268 e. The van der Waals surface area contributed by atoms with Gasteiger partial charge in [0.15, 0.2) is 0 Å². The highest BCUT2D eigenvalue weighted by molar-refractivity contribution is 7.13. The number of rotatable bonds is 4. The van der Waals surface area contributed by atoms with Crippen molar-refractivity contribution in [3.63, 3.8) is 0 Å². The van der Waals surface area contributed by atoms with E-state index in [1.807, 2.05) is 29.6 Å². The molecule has 0 bridgehead atoms. The van der Waals surface area contributed by atoms with Crippen molar-refractivity contribution in [1.29, 1.82) is 5.26 Å². The molecule has 2 rings (SSSR count). The summed E-state index contributed by atoms with van der Waals surface area (Å²) in [6, 6.07) is 9.39. The van der Waals surface area contributed by atoms with E-state index in [9.17, 15) is 4.79 Å². The molecule has 0 aliphatic rings. The van der Waals surface area contributed by atoms with Gasteiger partial charge in [0, 0.05) is 6.54 Å². The summed E-state index contributed by atoms with van der Waals surface area (Å²) in [5, 5.41) is 10.9. The van der Waals surface area contributed by atoms with Gasteiger partial charge in [-0.05, 0) is 30.0 Å². The molecule has 0 radical (unpaired) electrons. The topological polar surface area (TPSA) is 45.8 Å². The molecule has 0 N–H and O–H groups in total. The fourth-order valence-electron chi connectivity index (χ4n) is 1.84. The molecule has 0 spiro atoms. The average Bonchev–Trinajstić information content (AvgIpc) is 2.90. The maximum absolute atomic E-state index is 12.2. The fourth-order valence-corrected chi connectivity index (χ4v) is 2.60. The molecule has 2 heterocycles. The molecule has 0 fully saturated rings. The number of thiophene rings is 1. The van der Waals surface area contributed by atoms with Crippen LogP contribution < -0.4 is 5.56 Å². The lowest BCUT2D eigenvalue weighted by atomic mass is 10.2. The molecule has 2 aromatic rings. The van der Waals surface area contributed by atoms with Crippen molar-refractivity contribution in [2.24, 2.45) is 0 Å². The number of aromatic nitrogens is 1. The first-order valence-electron chi connectivity index (χ1n) is 5.95. The molecule has 92 valence electrons. The van der Waals surface area contributed by atoms with Crippen molar-refractivity contribution in [2.75, 3.05) is 0 Å². The Morgan fingerprint density at radius 2 is 2.22 bits per heavy atom. The summed E-state index contributed by atoms with van der Waals surface area (Å²) in [6.45, 7) is 2.75. The van der Waals surface area contributed by atoms with Crippen LogP contribution >= 0.6 is 11.3 Å². The molecule has 0 aliphatic heterocycles. The number of hydrogen-bond donors (Lipinski definition) is 0.